The molecule has 0 radical (unpaired) electrons. The van der Waals surface area contributed by atoms with Crippen molar-refractivity contribution >= 4 is 17.2 Å². The van der Waals surface area contributed by atoms with Crippen molar-refractivity contribution in [3.05, 3.63) is 76.1 Å². The van der Waals surface area contributed by atoms with E-state index in [1.54, 1.807) is 0 Å². The standard InChI is InChI=1S/C21H21N3O2/c1-4-24-21(26)20(22-17-12-8-9-14(2)13-17)18(15(3)25)19(23-24)16-10-6-5-7-11-16/h5-13,22H,4H2,1-3H3. The molecule has 0 fully saturated rings. The lowest BCUT2D eigenvalue weighted by molar-refractivity contribution is 0.101. The quantitative estimate of drug-likeness (QED) is 0.703. The van der Waals surface area contributed by atoms with Crippen LogP contribution in [0.3, 0.4) is 0 Å². The van der Waals surface area contributed by atoms with Gasteiger partial charge in [0.05, 0.1) is 5.56 Å². The fourth-order valence-electron chi connectivity index (χ4n) is 2.91. The molecule has 26 heavy (non-hydrogen) atoms. The van der Waals surface area contributed by atoms with E-state index in [2.05, 4.69) is 10.4 Å². The van der Waals surface area contributed by atoms with Crippen LogP contribution in [0.4, 0.5) is 11.4 Å². The average Bonchev–Trinajstić information content (AvgIpc) is 2.63. The van der Waals surface area contributed by atoms with Crippen LogP contribution in [0.1, 0.15) is 29.8 Å². The minimum atomic E-state index is -0.307. The van der Waals surface area contributed by atoms with E-state index in [1.165, 1.54) is 11.6 Å². The maximum Gasteiger partial charge on any atom is 0.291 e. The molecule has 3 aromatic rings. The molecule has 0 aliphatic carbocycles. The van der Waals surface area contributed by atoms with Crippen LogP contribution in [0.5, 0.6) is 0 Å². The lowest BCUT2D eigenvalue weighted by Gasteiger charge is -2.16. The Morgan fingerprint density at radius 1 is 1.12 bits per heavy atom. The Balaban J connectivity index is 2.27. The molecule has 0 saturated heterocycles. The minimum Gasteiger partial charge on any atom is -0.350 e. The number of benzene rings is 2. The minimum absolute atomic E-state index is 0.202. The fraction of sp³-hybridized carbons (Fsp3) is 0.190. The van der Waals surface area contributed by atoms with Gasteiger partial charge in [-0.05, 0) is 38.5 Å². The van der Waals surface area contributed by atoms with Crippen LogP contribution >= 0.6 is 0 Å². The average molecular weight is 347 g/mol. The lowest BCUT2D eigenvalue weighted by Crippen LogP contribution is -2.28. The van der Waals surface area contributed by atoms with E-state index in [1.807, 2.05) is 68.4 Å². The van der Waals surface area contributed by atoms with Crippen LogP contribution in [0.15, 0.2) is 59.4 Å². The summed E-state index contributed by atoms with van der Waals surface area (Å²) in [5.41, 5.74) is 3.40. The molecule has 3 rings (SSSR count). The number of ketones is 1. The van der Waals surface area contributed by atoms with Crippen molar-refractivity contribution in [2.45, 2.75) is 27.3 Å². The monoisotopic (exact) mass is 347 g/mol. The third kappa shape index (κ3) is 3.42. The van der Waals surface area contributed by atoms with Crippen molar-refractivity contribution in [2.75, 3.05) is 5.32 Å². The fourth-order valence-corrected chi connectivity index (χ4v) is 2.91. The summed E-state index contributed by atoms with van der Waals surface area (Å²) in [6.07, 6.45) is 0. The molecule has 0 aliphatic rings. The summed E-state index contributed by atoms with van der Waals surface area (Å²) in [5.74, 6) is -0.202. The van der Waals surface area contributed by atoms with Gasteiger partial charge < -0.3 is 5.32 Å². The molecule has 0 unspecified atom stereocenters. The Morgan fingerprint density at radius 2 is 1.85 bits per heavy atom. The zero-order valence-electron chi connectivity index (χ0n) is 15.1. The van der Waals surface area contributed by atoms with E-state index in [-0.39, 0.29) is 17.0 Å². The van der Waals surface area contributed by atoms with Crippen LogP contribution < -0.4 is 10.9 Å². The van der Waals surface area contributed by atoms with E-state index in [9.17, 15) is 9.59 Å². The van der Waals surface area contributed by atoms with Crippen LogP contribution in [0.2, 0.25) is 0 Å². The van der Waals surface area contributed by atoms with Crippen molar-refractivity contribution in [3.8, 4) is 11.3 Å². The highest BCUT2D eigenvalue weighted by atomic mass is 16.1. The molecular weight excluding hydrogens is 326 g/mol. The Morgan fingerprint density at radius 3 is 2.46 bits per heavy atom. The van der Waals surface area contributed by atoms with Crippen LogP contribution in [0.25, 0.3) is 11.3 Å². The normalized spacial score (nSPS) is 10.6. The number of nitrogens with one attached hydrogen (secondary N) is 1. The predicted octanol–water partition coefficient (Wildman–Crippen LogP) is 4.18. The summed E-state index contributed by atoms with van der Waals surface area (Å²) >= 11 is 0. The SMILES string of the molecule is CCn1nc(-c2ccccc2)c(C(C)=O)c(Nc2cccc(C)c2)c1=O. The van der Waals surface area contributed by atoms with Gasteiger partial charge in [0.2, 0.25) is 0 Å². The van der Waals surface area contributed by atoms with Gasteiger partial charge in [0, 0.05) is 17.8 Å². The van der Waals surface area contributed by atoms with Crippen molar-refractivity contribution in [1.82, 2.24) is 9.78 Å². The van der Waals surface area contributed by atoms with Crippen LogP contribution in [-0.2, 0) is 6.54 Å². The van der Waals surface area contributed by atoms with Crippen LogP contribution in [-0.4, -0.2) is 15.6 Å². The molecule has 2 aromatic carbocycles. The first-order valence-corrected chi connectivity index (χ1v) is 8.56. The van der Waals surface area contributed by atoms with Gasteiger partial charge in [-0.2, -0.15) is 5.10 Å². The molecule has 1 aromatic heterocycles. The molecule has 0 amide bonds. The molecule has 0 bridgehead atoms. The molecule has 132 valence electrons. The maximum absolute atomic E-state index is 12.9. The van der Waals surface area contributed by atoms with E-state index in [0.717, 1.165) is 16.8 Å². The molecular formula is C21H21N3O2. The van der Waals surface area contributed by atoms with Gasteiger partial charge in [0.25, 0.3) is 5.56 Å². The second-order valence-corrected chi connectivity index (χ2v) is 6.14. The van der Waals surface area contributed by atoms with E-state index in [4.69, 9.17) is 0 Å². The zero-order chi connectivity index (χ0) is 18.7. The first-order valence-electron chi connectivity index (χ1n) is 8.56. The van der Waals surface area contributed by atoms with Gasteiger partial charge in [-0.15, -0.1) is 0 Å². The number of carbonyl (C=O) groups excluding carboxylic acids is 1. The number of aromatic nitrogens is 2. The Bertz CT molecular complexity index is 1010. The molecule has 0 saturated carbocycles. The van der Waals surface area contributed by atoms with E-state index < -0.39 is 0 Å². The van der Waals surface area contributed by atoms with Gasteiger partial charge in [-0.1, -0.05) is 42.5 Å². The molecule has 0 atom stereocenters. The second kappa shape index (κ2) is 7.35. The third-order valence-corrected chi connectivity index (χ3v) is 4.14. The summed E-state index contributed by atoms with van der Waals surface area (Å²) in [6, 6.07) is 17.1. The van der Waals surface area contributed by atoms with Gasteiger partial charge in [0.15, 0.2) is 5.78 Å². The maximum atomic E-state index is 12.9. The summed E-state index contributed by atoms with van der Waals surface area (Å²) in [5, 5.41) is 7.60. The lowest BCUT2D eigenvalue weighted by atomic mass is 10.0. The molecule has 5 nitrogen and oxygen atoms in total. The van der Waals surface area contributed by atoms with Crippen molar-refractivity contribution in [3.63, 3.8) is 0 Å². The molecule has 0 spiro atoms. The number of aryl methyl sites for hydroxylation is 2. The van der Waals surface area contributed by atoms with Crippen molar-refractivity contribution < 1.29 is 4.79 Å². The van der Waals surface area contributed by atoms with Gasteiger partial charge in [0.1, 0.15) is 11.4 Å². The highest BCUT2D eigenvalue weighted by Crippen LogP contribution is 2.27. The third-order valence-electron chi connectivity index (χ3n) is 4.14. The Hall–Kier alpha value is -3.21. The van der Waals surface area contributed by atoms with E-state index >= 15 is 0 Å². The number of hydrogen-bond donors (Lipinski definition) is 1. The number of carbonyl (C=O) groups is 1. The van der Waals surface area contributed by atoms with Gasteiger partial charge >= 0.3 is 0 Å². The number of hydrogen-bond acceptors (Lipinski definition) is 4. The van der Waals surface area contributed by atoms with Crippen molar-refractivity contribution in [1.29, 1.82) is 0 Å². The first-order chi connectivity index (χ1) is 12.5. The van der Waals surface area contributed by atoms with Gasteiger partial charge in [-0.3, -0.25) is 9.59 Å². The summed E-state index contributed by atoms with van der Waals surface area (Å²) in [6.45, 7) is 5.70. The van der Waals surface area contributed by atoms with E-state index in [0.29, 0.717) is 17.8 Å². The topological polar surface area (TPSA) is 64.0 Å². The first kappa shape index (κ1) is 17.6. The molecule has 0 aliphatic heterocycles. The molecule has 1 N–H and O–H groups in total. The Kier molecular flexibility index (Phi) is 4.98. The number of nitrogens with zero attached hydrogens (tertiary/aromatic N) is 2. The highest BCUT2D eigenvalue weighted by molar-refractivity contribution is 6.05. The number of anilines is 2. The summed E-state index contributed by atoms with van der Waals surface area (Å²) < 4.78 is 1.38. The second-order valence-electron chi connectivity index (χ2n) is 6.14. The highest BCUT2D eigenvalue weighted by Gasteiger charge is 2.21. The van der Waals surface area contributed by atoms with Gasteiger partial charge in [-0.25, -0.2) is 4.68 Å². The molecule has 5 heteroatoms. The molecule has 1 heterocycles. The summed E-state index contributed by atoms with van der Waals surface area (Å²) in [4.78, 5) is 25.3. The summed E-state index contributed by atoms with van der Waals surface area (Å²) in [7, 11) is 0. The van der Waals surface area contributed by atoms with Crippen LogP contribution in [0, 0.1) is 6.92 Å². The number of Topliss-reactive ketones (excluding diaryl/α,β-unsaturated/α-hetero) is 1. The largest absolute Gasteiger partial charge is 0.350 e. The Labute approximate surface area is 152 Å². The predicted molar refractivity (Wildman–Crippen MR) is 104 cm³/mol. The number of rotatable bonds is 5. The van der Waals surface area contributed by atoms with Crippen molar-refractivity contribution in [2.24, 2.45) is 0 Å². The smallest absolute Gasteiger partial charge is 0.291 e. The zero-order valence-corrected chi connectivity index (χ0v) is 15.1.